The van der Waals surface area contributed by atoms with E-state index in [2.05, 4.69) is 0 Å². The van der Waals surface area contributed by atoms with Crippen molar-refractivity contribution in [2.75, 3.05) is 13.7 Å². The first-order valence-corrected chi connectivity index (χ1v) is 5.71. The summed E-state index contributed by atoms with van der Waals surface area (Å²) in [5.41, 5.74) is 7.10. The number of hydrogen-bond donors (Lipinski definition) is 2. The number of rotatable bonds is 3. The molecule has 16 heavy (non-hydrogen) atoms. The van der Waals surface area contributed by atoms with Gasteiger partial charge in [-0.15, -0.1) is 0 Å². The summed E-state index contributed by atoms with van der Waals surface area (Å²) in [5.74, 6) is 0.865. The number of aliphatic hydroxyl groups is 1. The second-order valence-electron chi connectivity index (χ2n) is 4.58. The maximum atomic E-state index is 10.7. The van der Waals surface area contributed by atoms with E-state index >= 15 is 0 Å². The Balaban J connectivity index is 2.44. The SMILES string of the molecule is COc1ccc2c(c1)C(O)(C(C)CN)CC2. The van der Waals surface area contributed by atoms with Crippen molar-refractivity contribution in [1.29, 1.82) is 0 Å². The van der Waals surface area contributed by atoms with Crippen LogP contribution in [0.1, 0.15) is 24.5 Å². The highest BCUT2D eigenvalue weighted by Gasteiger charge is 2.40. The molecule has 0 aromatic heterocycles. The molecule has 1 aliphatic carbocycles. The van der Waals surface area contributed by atoms with E-state index in [1.54, 1.807) is 7.11 Å². The van der Waals surface area contributed by atoms with Gasteiger partial charge in [0, 0.05) is 5.92 Å². The Bertz CT molecular complexity index is 392. The Morgan fingerprint density at radius 2 is 2.31 bits per heavy atom. The van der Waals surface area contributed by atoms with Crippen molar-refractivity contribution in [3.8, 4) is 5.75 Å². The predicted molar refractivity (Wildman–Crippen MR) is 63.4 cm³/mol. The second kappa shape index (κ2) is 4.07. The van der Waals surface area contributed by atoms with Crippen molar-refractivity contribution < 1.29 is 9.84 Å². The van der Waals surface area contributed by atoms with Gasteiger partial charge in [0.25, 0.3) is 0 Å². The van der Waals surface area contributed by atoms with Crippen LogP contribution in [-0.4, -0.2) is 18.8 Å². The second-order valence-corrected chi connectivity index (χ2v) is 4.58. The summed E-state index contributed by atoms with van der Waals surface area (Å²) in [4.78, 5) is 0. The highest BCUT2D eigenvalue weighted by atomic mass is 16.5. The van der Waals surface area contributed by atoms with Gasteiger partial charge in [-0.05, 0) is 42.6 Å². The van der Waals surface area contributed by atoms with Gasteiger partial charge in [-0.25, -0.2) is 0 Å². The smallest absolute Gasteiger partial charge is 0.119 e. The van der Waals surface area contributed by atoms with Crippen molar-refractivity contribution >= 4 is 0 Å². The van der Waals surface area contributed by atoms with Gasteiger partial charge in [-0.3, -0.25) is 0 Å². The number of benzene rings is 1. The Morgan fingerprint density at radius 1 is 1.56 bits per heavy atom. The summed E-state index contributed by atoms with van der Waals surface area (Å²) in [6.07, 6.45) is 1.67. The van der Waals surface area contributed by atoms with Crippen LogP contribution in [0.15, 0.2) is 18.2 Å². The monoisotopic (exact) mass is 221 g/mol. The molecule has 2 atom stereocenters. The third-order valence-electron chi connectivity index (χ3n) is 3.73. The molecule has 1 aromatic carbocycles. The molecule has 0 amide bonds. The minimum Gasteiger partial charge on any atom is -0.497 e. The molecule has 0 saturated heterocycles. The molecule has 0 aliphatic heterocycles. The summed E-state index contributed by atoms with van der Waals surface area (Å²) in [6.45, 7) is 2.49. The number of fused-ring (bicyclic) bond motifs is 1. The van der Waals surface area contributed by atoms with E-state index in [0.29, 0.717) is 6.54 Å². The minimum atomic E-state index is -0.779. The highest BCUT2D eigenvalue weighted by Crippen LogP contribution is 2.43. The predicted octanol–water partition coefficient (Wildman–Crippen LogP) is 1.42. The van der Waals surface area contributed by atoms with Crippen molar-refractivity contribution in [3.63, 3.8) is 0 Å². The van der Waals surface area contributed by atoms with Crippen molar-refractivity contribution in [2.24, 2.45) is 11.7 Å². The van der Waals surface area contributed by atoms with E-state index in [9.17, 15) is 5.11 Å². The van der Waals surface area contributed by atoms with Crippen LogP contribution in [0.5, 0.6) is 5.75 Å². The zero-order valence-corrected chi connectivity index (χ0v) is 9.86. The van der Waals surface area contributed by atoms with Crippen LogP contribution >= 0.6 is 0 Å². The number of aryl methyl sites for hydroxylation is 1. The van der Waals surface area contributed by atoms with Gasteiger partial charge >= 0.3 is 0 Å². The summed E-state index contributed by atoms with van der Waals surface area (Å²) in [6, 6.07) is 5.92. The quantitative estimate of drug-likeness (QED) is 0.811. The fourth-order valence-corrected chi connectivity index (χ4v) is 2.47. The zero-order valence-electron chi connectivity index (χ0n) is 9.86. The first-order valence-electron chi connectivity index (χ1n) is 5.71. The largest absolute Gasteiger partial charge is 0.497 e. The van der Waals surface area contributed by atoms with Crippen LogP contribution in [-0.2, 0) is 12.0 Å². The summed E-state index contributed by atoms with van der Waals surface area (Å²) in [5, 5.41) is 10.7. The van der Waals surface area contributed by atoms with E-state index < -0.39 is 5.60 Å². The lowest BCUT2D eigenvalue weighted by Crippen LogP contribution is -2.35. The summed E-state index contributed by atoms with van der Waals surface area (Å²) < 4.78 is 5.20. The minimum absolute atomic E-state index is 0.0702. The van der Waals surface area contributed by atoms with Crippen LogP contribution in [0, 0.1) is 5.92 Å². The average molecular weight is 221 g/mol. The number of nitrogens with two attached hydrogens (primary N) is 1. The molecule has 0 spiro atoms. The molecule has 2 rings (SSSR count). The lowest BCUT2D eigenvalue weighted by Gasteiger charge is -2.30. The molecule has 3 heteroatoms. The van der Waals surface area contributed by atoms with Gasteiger partial charge < -0.3 is 15.6 Å². The van der Waals surface area contributed by atoms with Crippen LogP contribution in [0.2, 0.25) is 0 Å². The van der Waals surface area contributed by atoms with E-state index in [1.165, 1.54) is 5.56 Å². The molecule has 0 saturated carbocycles. The van der Waals surface area contributed by atoms with E-state index in [0.717, 1.165) is 24.2 Å². The third-order valence-corrected chi connectivity index (χ3v) is 3.73. The molecule has 3 nitrogen and oxygen atoms in total. The fraction of sp³-hybridized carbons (Fsp3) is 0.538. The fourth-order valence-electron chi connectivity index (χ4n) is 2.47. The molecule has 0 radical (unpaired) electrons. The molecule has 0 bridgehead atoms. The van der Waals surface area contributed by atoms with Gasteiger partial charge in [0.15, 0.2) is 0 Å². The molecule has 88 valence electrons. The summed E-state index contributed by atoms with van der Waals surface area (Å²) >= 11 is 0. The van der Waals surface area contributed by atoms with E-state index in [1.807, 2.05) is 25.1 Å². The van der Waals surface area contributed by atoms with Crippen molar-refractivity contribution in [1.82, 2.24) is 0 Å². The lowest BCUT2D eigenvalue weighted by molar-refractivity contribution is -0.0119. The molecule has 0 heterocycles. The van der Waals surface area contributed by atoms with Gasteiger partial charge in [-0.2, -0.15) is 0 Å². The Hall–Kier alpha value is -1.06. The first-order chi connectivity index (χ1) is 7.61. The number of ether oxygens (including phenoxy) is 1. The molecular formula is C13H19NO2. The third kappa shape index (κ3) is 1.60. The van der Waals surface area contributed by atoms with E-state index in [-0.39, 0.29) is 5.92 Å². The van der Waals surface area contributed by atoms with Gasteiger partial charge in [0.1, 0.15) is 5.75 Å². The number of methoxy groups -OCH3 is 1. The van der Waals surface area contributed by atoms with Gasteiger partial charge in [0.05, 0.1) is 12.7 Å². The van der Waals surface area contributed by atoms with Crippen LogP contribution in [0.25, 0.3) is 0 Å². The molecular weight excluding hydrogens is 202 g/mol. The molecule has 1 aromatic rings. The lowest BCUT2D eigenvalue weighted by atomic mass is 9.83. The number of hydrogen-bond acceptors (Lipinski definition) is 3. The van der Waals surface area contributed by atoms with Crippen molar-refractivity contribution in [3.05, 3.63) is 29.3 Å². The first kappa shape index (κ1) is 11.4. The standard InChI is InChI=1S/C13H19NO2/c1-9(8-14)13(15)6-5-10-3-4-11(16-2)7-12(10)13/h3-4,7,9,15H,5-6,8,14H2,1-2H3. The van der Waals surface area contributed by atoms with E-state index in [4.69, 9.17) is 10.5 Å². The van der Waals surface area contributed by atoms with Crippen molar-refractivity contribution in [2.45, 2.75) is 25.4 Å². The maximum absolute atomic E-state index is 10.7. The summed E-state index contributed by atoms with van der Waals surface area (Å²) in [7, 11) is 1.64. The normalized spacial score (nSPS) is 25.2. The average Bonchev–Trinajstić information content (AvgIpc) is 2.67. The molecule has 0 fully saturated rings. The topological polar surface area (TPSA) is 55.5 Å². The molecule has 1 aliphatic rings. The van der Waals surface area contributed by atoms with Crippen LogP contribution in [0.3, 0.4) is 0 Å². The molecule has 3 N–H and O–H groups in total. The van der Waals surface area contributed by atoms with Gasteiger partial charge in [0.2, 0.25) is 0 Å². The Labute approximate surface area is 96.2 Å². The maximum Gasteiger partial charge on any atom is 0.119 e. The highest BCUT2D eigenvalue weighted by molar-refractivity contribution is 5.43. The van der Waals surface area contributed by atoms with Gasteiger partial charge in [-0.1, -0.05) is 13.0 Å². The van der Waals surface area contributed by atoms with Crippen LogP contribution < -0.4 is 10.5 Å². The zero-order chi connectivity index (χ0) is 11.8. The molecule has 2 unspecified atom stereocenters. The van der Waals surface area contributed by atoms with Crippen LogP contribution in [0.4, 0.5) is 0 Å². The Morgan fingerprint density at radius 3 is 2.94 bits per heavy atom. The Kier molecular flexibility index (Phi) is 2.91.